The highest BCUT2D eigenvalue weighted by molar-refractivity contribution is 5.84. The van der Waals surface area contributed by atoms with Crippen LogP contribution < -0.4 is 0 Å². The Morgan fingerprint density at radius 2 is 2.13 bits per heavy atom. The summed E-state index contributed by atoms with van der Waals surface area (Å²) in [5, 5.41) is 0. The van der Waals surface area contributed by atoms with Crippen LogP contribution in [-0.4, -0.2) is 29.8 Å². The van der Waals surface area contributed by atoms with E-state index in [1.165, 1.54) is 12.8 Å². The van der Waals surface area contributed by atoms with Crippen LogP contribution in [0.25, 0.3) is 0 Å². The molecule has 88 valence electrons. The van der Waals surface area contributed by atoms with Gasteiger partial charge in [0.15, 0.2) is 0 Å². The summed E-state index contributed by atoms with van der Waals surface area (Å²) < 4.78 is 0. The van der Waals surface area contributed by atoms with Crippen molar-refractivity contribution in [2.24, 2.45) is 5.92 Å². The summed E-state index contributed by atoms with van der Waals surface area (Å²) in [6.45, 7) is 8.77. The second kappa shape index (κ2) is 6.26. The molecule has 15 heavy (non-hydrogen) atoms. The Labute approximate surface area is 94.0 Å². The quantitative estimate of drug-likeness (QED) is 0.697. The number of hydrogen-bond donors (Lipinski definition) is 0. The van der Waals surface area contributed by atoms with E-state index in [4.69, 9.17) is 0 Å². The van der Waals surface area contributed by atoms with Gasteiger partial charge in [-0.25, -0.2) is 0 Å². The van der Waals surface area contributed by atoms with Crippen molar-refractivity contribution in [3.63, 3.8) is 0 Å². The van der Waals surface area contributed by atoms with Gasteiger partial charge in [-0.1, -0.05) is 33.6 Å². The van der Waals surface area contributed by atoms with Gasteiger partial charge in [-0.05, 0) is 25.3 Å². The van der Waals surface area contributed by atoms with Crippen LogP contribution in [-0.2, 0) is 4.79 Å². The SMILES string of the molecule is CCC(C)CN(CC)C1CCCCC1=O. The monoisotopic (exact) mass is 211 g/mol. The topological polar surface area (TPSA) is 20.3 Å². The Balaban J connectivity index is 2.52. The predicted octanol–water partition coefficient (Wildman–Crippen LogP) is 2.87. The minimum Gasteiger partial charge on any atom is -0.298 e. The summed E-state index contributed by atoms with van der Waals surface area (Å²) in [4.78, 5) is 14.2. The molecule has 1 saturated carbocycles. The number of ketones is 1. The Morgan fingerprint density at radius 3 is 2.67 bits per heavy atom. The zero-order chi connectivity index (χ0) is 11.3. The minimum absolute atomic E-state index is 0.234. The van der Waals surface area contributed by atoms with Crippen molar-refractivity contribution >= 4 is 5.78 Å². The second-order valence-corrected chi connectivity index (χ2v) is 4.83. The summed E-state index contributed by atoms with van der Waals surface area (Å²) in [6.07, 6.45) is 5.44. The molecular weight excluding hydrogens is 186 g/mol. The first-order valence-electron chi connectivity index (χ1n) is 6.45. The molecule has 0 aromatic carbocycles. The van der Waals surface area contributed by atoms with Gasteiger partial charge in [-0.2, -0.15) is 0 Å². The van der Waals surface area contributed by atoms with Gasteiger partial charge in [0.05, 0.1) is 6.04 Å². The molecule has 0 saturated heterocycles. The van der Waals surface area contributed by atoms with Crippen molar-refractivity contribution in [3.05, 3.63) is 0 Å². The lowest BCUT2D eigenvalue weighted by atomic mass is 9.92. The van der Waals surface area contributed by atoms with Gasteiger partial charge in [0.1, 0.15) is 5.78 Å². The minimum atomic E-state index is 0.234. The van der Waals surface area contributed by atoms with Gasteiger partial charge >= 0.3 is 0 Å². The van der Waals surface area contributed by atoms with E-state index in [2.05, 4.69) is 25.7 Å². The molecule has 1 rings (SSSR count). The summed E-state index contributed by atoms with van der Waals surface area (Å²) in [5.41, 5.74) is 0. The molecular formula is C13H25NO. The van der Waals surface area contributed by atoms with E-state index >= 15 is 0 Å². The molecule has 2 atom stereocenters. The van der Waals surface area contributed by atoms with Gasteiger partial charge in [0.25, 0.3) is 0 Å². The average Bonchev–Trinajstić information content (AvgIpc) is 2.26. The molecule has 1 fully saturated rings. The number of hydrogen-bond acceptors (Lipinski definition) is 2. The normalized spacial score (nSPS) is 24.5. The van der Waals surface area contributed by atoms with Crippen molar-refractivity contribution in [3.8, 4) is 0 Å². The van der Waals surface area contributed by atoms with Crippen LogP contribution in [0.2, 0.25) is 0 Å². The summed E-state index contributed by atoms with van der Waals surface area (Å²) in [6, 6.07) is 0.234. The Kier molecular flexibility index (Phi) is 5.30. The Bertz CT molecular complexity index is 203. The third-order valence-electron chi connectivity index (χ3n) is 3.61. The highest BCUT2D eigenvalue weighted by Gasteiger charge is 2.27. The van der Waals surface area contributed by atoms with Crippen LogP contribution in [0.1, 0.15) is 52.9 Å². The molecule has 0 bridgehead atoms. The first-order valence-corrected chi connectivity index (χ1v) is 6.45. The van der Waals surface area contributed by atoms with Crippen molar-refractivity contribution in [1.82, 2.24) is 4.90 Å². The van der Waals surface area contributed by atoms with Gasteiger partial charge in [0.2, 0.25) is 0 Å². The van der Waals surface area contributed by atoms with Crippen LogP contribution >= 0.6 is 0 Å². The van der Waals surface area contributed by atoms with Crippen molar-refractivity contribution in [2.45, 2.75) is 58.9 Å². The number of rotatable bonds is 5. The lowest BCUT2D eigenvalue weighted by Gasteiger charge is -2.33. The molecule has 2 unspecified atom stereocenters. The first kappa shape index (κ1) is 12.7. The average molecular weight is 211 g/mol. The highest BCUT2D eigenvalue weighted by atomic mass is 16.1. The molecule has 0 N–H and O–H groups in total. The zero-order valence-electron chi connectivity index (χ0n) is 10.5. The van der Waals surface area contributed by atoms with Crippen LogP contribution in [0, 0.1) is 5.92 Å². The summed E-state index contributed by atoms with van der Waals surface area (Å²) in [5.74, 6) is 1.19. The molecule has 0 radical (unpaired) electrons. The Morgan fingerprint density at radius 1 is 1.40 bits per heavy atom. The van der Waals surface area contributed by atoms with Crippen LogP contribution in [0.4, 0.5) is 0 Å². The lowest BCUT2D eigenvalue weighted by molar-refractivity contribution is -0.126. The molecule has 0 heterocycles. The number of nitrogens with zero attached hydrogens (tertiary/aromatic N) is 1. The number of carbonyl (C=O) groups excluding carboxylic acids is 1. The molecule has 0 spiro atoms. The third kappa shape index (κ3) is 3.60. The number of Topliss-reactive ketones (excluding diaryl/α,β-unsaturated/α-hetero) is 1. The van der Waals surface area contributed by atoms with Crippen molar-refractivity contribution in [1.29, 1.82) is 0 Å². The highest BCUT2D eigenvalue weighted by Crippen LogP contribution is 2.20. The zero-order valence-corrected chi connectivity index (χ0v) is 10.5. The van der Waals surface area contributed by atoms with Crippen molar-refractivity contribution in [2.75, 3.05) is 13.1 Å². The van der Waals surface area contributed by atoms with Crippen LogP contribution in [0.15, 0.2) is 0 Å². The summed E-state index contributed by atoms with van der Waals surface area (Å²) >= 11 is 0. The largest absolute Gasteiger partial charge is 0.298 e. The summed E-state index contributed by atoms with van der Waals surface area (Å²) in [7, 11) is 0. The fourth-order valence-corrected chi connectivity index (χ4v) is 2.36. The van der Waals surface area contributed by atoms with Crippen LogP contribution in [0.3, 0.4) is 0 Å². The van der Waals surface area contributed by atoms with E-state index in [1.54, 1.807) is 0 Å². The molecule has 2 nitrogen and oxygen atoms in total. The maximum Gasteiger partial charge on any atom is 0.149 e. The van der Waals surface area contributed by atoms with Gasteiger partial charge in [-0.15, -0.1) is 0 Å². The molecule has 0 aromatic rings. The Hall–Kier alpha value is -0.370. The second-order valence-electron chi connectivity index (χ2n) is 4.83. The molecule has 1 aliphatic carbocycles. The van der Waals surface area contributed by atoms with E-state index in [0.717, 1.165) is 32.4 Å². The van der Waals surface area contributed by atoms with Crippen molar-refractivity contribution < 1.29 is 4.79 Å². The maximum atomic E-state index is 11.8. The molecule has 2 heteroatoms. The smallest absolute Gasteiger partial charge is 0.149 e. The molecule has 1 aliphatic rings. The maximum absolute atomic E-state index is 11.8. The van der Waals surface area contributed by atoms with E-state index < -0.39 is 0 Å². The van der Waals surface area contributed by atoms with E-state index in [0.29, 0.717) is 11.7 Å². The molecule has 0 aliphatic heterocycles. The van der Waals surface area contributed by atoms with E-state index in [9.17, 15) is 4.79 Å². The fourth-order valence-electron chi connectivity index (χ4n) is 2.36. The predicted molar refractivity (Wildman–Crippen MR) is 64.0 cm³/mol. The van der Waals surface area contributed by atoms with Crippen LogP contribution in [0.5, 0.6) is 0 Å². The van der Waals surface area contributed by atoms with Gasteiger partial charge in [-0.3, -0.25) is 9.69 Å². The van der Waals surface area contributed by atoms with E-state index in [1.807, 2.05) is 0 Å². The third-order valence-corrected chi connectivity index (χ3v) is 3.61. The van der Waals surface area contributed by atoms with E-state index in [-0.39, 0.29) is 6.04 Å². The molecule has 0 amide bonds. The molecule has 0 aromatic heterocycles. The number of likely N-dealkylation sites (N-methyl/N-ethyl adjacent to an activating group) is 1. The standard InChI is InChI=1S/C13H25NO/c1-4-11(3)10-14(5-2)12-8-6-7-9-13(12)15/h11-12H,4-10H2,1-3H3. The van der Waals surface area contributed by atoms with Gasteiger partial charge < -0.3 is 0 Å². The fraction of sp³-hybridized carbons (Fsp3) is 0.923. The first-order chi connectivity index (χ1) is 7.19. The van der Waals surface area contributed by atoms with Gasteiger partial charge in [0, 0.05) is 13.0 Å². The number of carbonyl (C=O) groups is 1. The lowest BCUT2D eigenvalue weighted by Crippen LogP contribution is -2.44.